The van der Waals surface area contributed by atoms with Gasteiger partial charge in [0.15, 0.2) is 5.82 Å². The molecule has 3 N–H and O–H groups in total. The minimum absolute atomic E-state index is 0.0941. The number of nitrogens with zero attached hydrogens (tertiary/aromatic N) is 2. The predicted octanol–water partition coefficient (Wildman–Crippen LogP) is 4.00. The Hall–Kier alpha value is -2.97. The second kappa shape index (κ2) is 9.67. The summed E-state index contributed by atoms with van der Waals surface area (Å²) < 4.78 is 15.5. The monoisotopic (exact) mass is 474 g/mol. The number of piperazine rings is 1. The second-order valence-electron chi connectivity index (χ2n) is 7.54. The van der Waals surface area contributed by atoms with Crippen LogP contribution in [0.2, 0.25) is 5.02 Å². The summed E-state index contributed by atoms with van der Waals surface area (Å²) in [4.78, 5) is 27.1. The van der Waals surface area contributed by atoms with Crippen molar-refractivity contribution in [1.82, 2.24) is 9.80 Å². The van der Waals surface area contributed by atoms with Crippen LogP contribution in [0.1, 0.15) is 18.1 Å². The van der Waals surface area contributed by atoms with Crippen LogP contribution >= 0.6 is 23.8 Å². The topological polar surface area (TPSA) is 78.7 Å². The highest BCUT2D eigenvalue weighted by Gasteiger charge is 2.26. The highest BCUT2D eigenvalue weighted by Crippen LogP contribution is 2.39. The Bertz CT molecular complexity index is 1110. The molecule has 0 bridgehead atoms. The van der Waals surface area contributed by atoms with Crippen LogP contribution in [-0.4, -0.2) is 52.8 Å². The lowest BCUT2D eigenvalue weighted by molar-refractivity contribution is -0.127. The fourth-order valence-corrected chi connectivity index (χ4v) is 4.31. The number of aryl methyl sites for hydroxylation is 1. The maximum absolute atomic E-state index is 15.5. The van der Waals surface area contributed by atoms with Gasteiger partial charge in [0.2, 0.25) is 11.8 Å². The quantitative estimate of drug-likeness (QED) is 0.398. The molecule has 0 spiro atoms. The van der Waals surface area contributed by atoms with E-state index in [4.69, 9.17) is 29.6 Å². The number of hydrogen-bond donors (Lipinski definition) is 2. The lowest BCUT2D eigenvalue weighted by Gasteiger charge is -2.36. The van der Waals surface area contributed by atoms with Crippen LogP contribution in [0.5, 0.6) is 0 Å². The molecule has 9 heteroatoms. The van der Waals surface area contributed by atoms with E-state index in [1.54, 1.807) is 29.2 Å². The van der Waals surface area contributed by atoms with Crippen molar-refractivity contribution < 1.29 is 14.0 Å². The van der Waals surface area contributed by atoms with E-state index in [0.29, 0.717) is 48.0 Å². The van der Waals surface area contributed by atoms with Crippen molar-refractivity contribution >= 4 is 52.0 Å². The van der Waals surface area contributed by atoms with E-state index in [1.165, 1.54) is 13.0 Å². The maximum Gasteiger partial charge on any atom is 0.246 e. The lowest BCUT2D eigenvalue weighted by Crippen LogP contribution is -2.50. The zero-order chi connectivity index (χ0) is 23.6. The molecule has 0 radical (unpaired) electrons. The third-order valence-corrected chi connectivity index (χ3v) is 6.14. The van der Waals surface area contributed by atoms with E-state index in [1.807, 2.05) is 11.8 Å². The summed E-state index contributed by atoms with van der Waals surface area (Å²) >= 11 is 12.1. The van der Waals surface area contributed by atoms with Crippen molar-refractivity contribution in [1.29, 1.82) is 0 Å². The van der Waals surface area contributed by atoms with Gasteiger partial charge in [-0.05, 0) is 42.3 Å². The number of thiocarbonyl (C=S) groups is 1. The van der Waals surface area contributed by atoms with Crippen LogP contribution in [0.25, 0.3) is 11.1 Å². The van der Waals surface area contributed by atoms with Gasteiger partial charge in [-0.15, -0.1) is 0 Å². The number of amides is 2. The van der Waals surface area contributed by atoms with E-state index in [-0.39, 0.29) is 28.1 Å². The Morgan fingerprint density at radius 3 is 2.44 bits per heavy atom. The van der Waals surface area contributed by atoms with Crippen molar-refractivity contribution in [2.24, 2.45) is 0 Å². The van der Waals surface area contributed by atoms with Gasteiger partial charge >= 0.3 is 0 Å². The average Bonchev–Trinajstić information content (AvgIpc) is 2.77. The largest absolute Gasteiger partial charge is 0.396 e. The van der Waals surface area contributed by atoms with Gasteiger partial charge in [0.05, 0.1) is 10.7 Å². The number of hydrogen-bond acceptors (Lipinski definition) is 4. The first kappa shape index (κ1) is 23.7. The molecule has 2 amide bonds. The zero-order valence-corrected chi connectivity index (χ0v) is 19.4. The lowest BCUT2D eigenvalue weighted by atomic mass is 9.96. The molecule has 0 unspecified atom stereocenters. The highest BCUT2D eigenvalue weighted by atomic mass is 35.5. The minimum atomic E-state index is -0.668. The molecule has 168 valence electrons. The van der Waals surface area contributed by atoms with Crippen molar-refractivity contribution in [3.05, 3.63) is 58.9 Å². The number of benzene rings is 2. The van der Waals surface area contributed by atoms with Crippen LogP contribution in [-0.2, 0) is 9.59 Å². The molecule has 2 aromatic rings. The fourth-order valence-electron chi connectivity index (χ4n) is 3.66. The molecule has 1 saturated heterocycles. The maximum atomic E-state index is 15.5. The summed E-state index contributed by atoms with van der Waals surface area (Å²) in [7, 11) is 0. The smallest absolute Gasteiger partial charge is 0.246 e. The van der Waals surface area contributed by atoms with E-state index in [9.17, 15) is 9.59 Å². The molecule has 1 fully saturated rings. The molecule has 0 aliphatic carbocycles. The first-order valence-electron chi connectivity index (χ1n) is 10.0. The number of nitrogens with one attached hydrogen (secondary N) is 1. The van der Waals surface area contributed by atoms with E-state index in [2.05, 4.69) is 11.9 Å². The Kier molecular flexibility index (Phi) is 7.16. The van der Waals surface area contributed by atoms with Crippen molar-refractivity contribution in [2.45, 2.75) is 13.8 Å². The number of anilines is 2. The summed E-state index contributed by atoms with van der Waals surface area (Å²) in [6.45, 7) is 8.68. The van der Waals surface area contributed by atoms with Crippen LogP contribution in [0.4, 0.5) is 15.8 Å². The summed E-state index contributed by atoms with van der Waals surface area (Å²) in [5.41, 5.74) is 8.40. The van der Waals surface area contributed by atoms with E-state index >= 15 is 4.39 Å². The third kappa shape index (κ3) is 4.76. The van der Waals surface area contributed by atoms with Gasteiger partial charge < -0.3 is 20.9 Å². The SMILES string of the molecule is C=CC(=O)N1CCN(C(=S)c2cc(Cl)c(-c3cc(NC(C)=O)ccc3C)c(F)c2N)CC1. The molecule has 0 aromatic heterocycles. The number of rotatable bonds is 4. The number of carbonyl (C=O) groups excluding carboxylic acids is 2. The van der Waals surface area contributed by atoms with Crippen LogP contribution < -0.4 is 11.1 Å². The summed E-state index contributed by atoms with van der Waals surface area (Å²) in [5.74, 6) is -1.04. The molecule has 1 aliphatic rings. The van der Waals surface area contributed by atoms with Gasteiger partial charge in [0.25, 0.3) is 0 Å². The van der Waals surface area contributed by atoms with Crippen molar-refractivity contribution in [3.63, 3.8) is 0 Å². The minimum Gasteiger partial charge on any atom is -0.396 e. The summed E-state index contributed by atoms with van der Waals surface area (Å²) in [6.07, 6.45) is 1.28. The van der Waals surface area contributed by atoms with Gasteiger partial charge in [-0.3, -0.25) is 9.59 Å². The fraction of sp³-hybridized carbons (Fsp3) is 0.261. The normalized spacial score (nSPS) is 13.6. The second-order valence-corrected chi connectivity index (χ2v) is 8.34. The van der Waals surface area contributed by atoms with Crippen molar-refractivity contribution in [3.8, 4) is 11.1 Å². The molecule has 2 aromatic carbocycles. The Labute approximate surface area is 196 Å². The van der Waals surface area contributed by atoms with E-state index in [0.717, 1.165) is 5.56 Å². The van der Waals surface area contributed by atoms with Gasteiger partial charge in [0.1, 0.15) is 4.99 Å². The molecule has 0 saturated carbocycles. The Morgan fingerprint density at radius 1 is 1.22 bits per heavy atom. The van der Waals surface area contributed by atoms with Gasteiger partial charge in [-0.25, -0.2) is 4.39 Å². The average molecular weight is 475 g/mol. The standard InChI is InChI=1S/C23H24ClFN4O2S/c1-4-19(31)28-7-9-29(10-8-28)23(32)17-12-18(24)20(21(25)22(17)26)16-11-15(27-14(3)30)6-5-13(16)2/h4-6,11-12H,1,7-10,26H2,2-3H3,(H,27,30). The Balaban J connectivity index is 1.93. The molecular weight excluding hydrogens is 451 g/mol. The molecule has 6 nitrogen and oxygen atoms in total. The zero-order valence-electron chi connectivity index (χ0n) is 17.9. The molecule has 32 heavy (non-hydrogen) atoms. The molecule has 1 aliphatic heterocycles. The van der Waals surface area contributed by atoms with Gasteiger partial charge in [-0.2, -0.15) is 0 Å². The van der Waals surface area contributed by atoms with Gasteiger partial charge in [0, 0.05) is 49.9 Å². The summed E-state index contributed by atoms with van der Waals surface area (Å²) in [6, 6.07) is 6.74. The first-order chi connectivity index (χ1) is 15.1. The van der Waals surface area contributed by atoms with Gasteiger partial charge in [-0.1, -0.05) is 36.5 Å². The first-order valence-corrected chi connectivity index (χ1v) is 10.8. The molecule has 1 heterocycles. The van der Waals surface area contributed by atoms with Crippen LogP contribution in [0.15, 0.2) is 36.9 Å². The Morgan fingerprint density at radius 2 is 1.84 bits per heavy atom. The number of halogens is 2. The third-order valence-electron chi connectivity index (χ3n) is 5.37. The number of nitrogens with two attached hydrogens (primary N) is 1. The number of carbonyl (C=O) groups is 2. The van der Waals surface area contributed by atoms with Crippen LogP contribution in [0, 0.1) is 12.7 Å². The number of nitrogen functional groups attached to an aromatic ring is 1. The molecule has 0 atom stereocenters. The van der Waals surface area contributed by atoms with E-state index < -0.39 is 5.82 Å². The van der Waals surface area contributed by atoms with Crippen molar-refractivity contribution in [2.75, 3.05) is 37.2 Å². The van der Waals surface area contributed by atoms with Crippen LogP contribution in [0.3, 0.4) is 0 Å². The predicted molar refractivity (Wildman–Crippen MR) is 130 cm³/mol. The molecule has 3 rings (SSSR count). The molecular formula is C23H24ClFN4O2S. The highest BCUT2D eigenvalue weighted by molar-refractivity contribution is 7.80. The summed E-state index contributed by atoms with van der Waals surface area (Å²) in [5, 5.41) is 2.85.